The number of urea groups is 1. The Morgan fingerprint density at radius 2 is 1.79 bits per heavy atom. The molecule has 2 N–H and O–H groups in total. The van der Waals surface area contributed by atoms with Crippen molar-refractivity contribution in [3.05, 3.63) is 90.1 Å². The van der Waals surface area contributed by atoms with Crippen molar-refractivity contribution in [2.24, 2.45) is 0 Å². The number of rotatable bonds is 6. The van der Waals surface area contributed by atoms with E-state index in [0.717, 1.165) is 16.9 Å². The highest BCUT2D eigenvalue weighted by atomic mass is 19.1. The lowest BCUT2D eigenvalue weighted by molar-refractivity contribution is 0.262. The zero-order chi connectivity index (χ0) is 23.4. The zero-order valence-electron chi connectivity index (χ0n) is 18.5. The van der Waals surface area contributed by atoms with Crippen LogP contribution < -0.4 is 15.4 Å². The van der Waals surface area contributed by atoms with Gasteiger partial charge in [0.15, 0.2) is 0 Å². The van der Waals surface area contributed by atoms with Crippen molar-refractivity contribution in [3.8, 4) is 17.2 Å². The van der Waals surface area contributed by atoms with Gasteiger partial charge in [0.05, 0.1) is 17.1 Å². The lowest BCUT2D eigenvalue weighted by Crippen LogP contribution is -2.22. The van der Waals surface area contributed by atoms with Gasteiger partial charge in [-0.2, -0.15) is 5.10 Å². The molecule has 0 saturated heterocycles. The molecule has 2 aromatic heterocycles. The second kappa shape index (κ2) is 9.52. The molecule has 0 spiro atoms. The minimum atomic E-state index is -0.619. The monoisotopic (exact) mass is 445 g/mol. The number of ether oxygens (including phenoxy) is 1. The summed E-state index contributed by atoms with van der Waals surface area (Å²) in [5.41, 5.74) is 2.75. The van der Waals surface area contributed by atoms with Crippen molar-refractivity contribution >= 4 is 17.5 Å². The molecular formula is C25H24FN5O2. The maximum absolute atomic E-state index is 14.6. The Kier molecular flexibility index (Phi) is 6.35. The molecule has 0 radical (unpaired) electrons. The van der Waals surface area contributed by atoms with Crippen LogP contribution in [0.3, 0.4) is 0 Å². The Bertz CT molecular complexity index is 1270. The van der Waals surface area contributed by atoms with Gasteiger partial charge >= 0.3 is 6.03 Å². The topological polar surface area (TPSA) is 81.1 Å². The summed E-state index contributed by atoms with van der Waals surface area (Å²) in [4.78, 5) is 16.6. The highest BCUT2D eigenvalue weighted by Crippen LogP contribution is 2.26. The summed E-state index contributed by atoms with van der Waals surface area (Å²) in [7, 11) is 0. The first kappa shape index (κ1) is 22.0. The number of amides is 2. The Hall–Kier alpha value is -4.20. The summed E-state index contributed by atoms with van der Waals surface area (Å²) < 4.78 is 21.9. The molecule has 0 bridgehead atoms. The molecule has 0 fully saturated rings. The van der Waals surface area contributed by atoms with Crippen LogP contribution in [0.2, 0.25) is 0 Å². The largest absolute Gasteiger partial charge is 0.457 e. The van der Waals surface area contributed by atoms with Crippen molar-refractivity contribution in [2.45, 2.75) is 26.7 Å². The average Bonchev–Trinajstić information content (AvgIpc) is 3.20. The maximum Gasteiger partial charge on any atom is 0.324 e. The number of nitrogens with one attached hydrogen (secondary N) is 2. The van der Waals surface area contributed by atoms with E-state index >= 15 is 0 Å². The standard InChI is InChI=1S/C25H24FN5O2/c1-16(2)23-15-24(31(30-23)18-6-4-5-17(3)13-18)29-25(32)28-22-8-7-20(14-21(22)26)33-19-9-11-27-12-10-19/h4-16H,1-3H3,(H2,28,29,32). The number of hydrogen-bond acceptors (Lipinski definition) is 4. The van der Waals surface area contributed by atoms with Crippen LogP contribution in [-0.4, -0.2) is 20.8 Å². The van der Waals surface area contributed by atoms with E-state index in [1.165, 1.54) is 12.1 Å². The van der Waals surface area contributed by atoms with E-state index in [-0.39, 0.29) is 11.6 Å². The molecule has 0 aliphatic carbocycles. The Balaban J connectivity index is 1.51. The first-order chi connectivity index (χ1) is 15.9. The molecule has 0 saturated carbocycles. The first-order valence-corrected chi connectivity index (χ1v) is 10.5. The summed E-state index contributed by atoms with van der Waals surface area (Å²) in [5, 5.41) is 9.96. The van der Waals surface area contributed by atoms with E-state index in [0.29, 0.717) is 17.3 Å². The highest BCUT2D eigenvalue weighted by molar-refractivity contribution is 5.99. The molecular weight excluding hydrogens is 421 g/mol. The van der Waals surface area contributed by atoms with E-state index in [1.807, 2.05) is 51.1 Å². The third-order valence-electron chi connectivity index (χ3n) is 4.88. The van der Waals surface area contributed by atoms with Gasteiger partial charge in [-0.3, -0.25) is 10.3 Å². The number of aryl methyl sites for hydroxylation is 1. The zero-order valence-corrected chi connectivity index (χ0v) is 18.5. The summed E-state index contributed by atoms with van der Waals surface area (Å²) in [6.45, 7) is 6.04. The van der Waals surface area contributed by atoms with Crippen molar-refractivity contribution in [1.82, 2.24) is 14.8 Å². The van der Waals surface area contributed by atoms with Crippen LogP contribution in [0.15, 0.2) is 73.1 Å². The summed E-state index contributed by atoms with van der Waals surface area (Å²) >= 11 is 0. The second-order valence-corrected chi connectivity index (χ2v) is 7.87. The molecule has 2 amide bonds. The van der Waals surface area contributed by atoms with Gasteiger partial charge in [-0.1, -0.05) is 26.0 Å². The van der Waals surface area contributed by atoms with Gasteiger partial charge in [0.1, 0.15) is 23.1 Å². The van der Waals surface area contributed by atoms with Crippen molar-refractivity contribution in [1.29, 1.82) is 0 Å². The number of carbonyl (C=O) groups excluding carboxylic acids is 1. The van der Waals surface area contributed by atoms with Gasteiger partial charge in [-0.25, -0.2) is 13.9 Å². The number of anilines is 2. The normalized spacial score (nSPS) is 10.8. The van der Waals surface area contributed by atoms with Gasteiger partial charge in [0, 0.05) is 24.5 Å². The van der Waals surface area contributed by atoms with E-state index in [9.17, 15) is 9.18 Å². The number of hydrogen-bond donors (Lipinski definition) is 2. The lowest BCUT2D eigenvalue weighted by atomic mass is 10.1. The van der Waals surface area contributed by atoms with Gasteiger partial charge < -0.3 is 10.1 Å². The fourth-order valence-corrected chi connectivity index (χ4v) is 3.20. The fraction of sp³-hybridized carbons (Fsp3) is 0.160. The van der Waals surface area contributed by atoms with Gasteiger partial charge in [-0.05, 0) is 54.8 Å². The smallest absolute Gasteiger partial charge is 0.324 e. The number of aromatic nitrogens is 3. The predicted molar refractivity (Wildman–Crippen MR) is 126 cm³/mol. The Labute approximate surface area is 191 Å². The molecule has 0 aliphatic heterocycles. The Morgan fingerprint density at radius 1 is 1.00 bits per heavy atom. The van der Waals surface area contributed by atoms with Crippen LogP contribution in [0.4, 0.5) is 20.7 Å². The molecule has 2 aromatic carbocycles. The minimum absolute atomic E-state index is 0.0280. The minimum Gasteiger partial charge on any atom is -0.457 e. The summed E-state index contributed by atoms with van der Waals surface area (Å²) in [6.07, 6.45) is 3.16. The first-order valence-electron chi connectivity index (χ1n) is 10.5. The number of halogens is 1. The van der Waals surface area contributed by atoms with Crippen molar-refractivity contribution < 1.29 is 13.9 Å². The molecule has 4 rings (SSSR count). The molecule has 168 valence electrons. The van der Waals surface area contributed by atoms with Crippen LogP contribution >= 0.6 is 0 Å². The maximum atomic E-state index is 14.6. The van der Waals surface area contributed by atoms with Crippen molar-refractivity contribution in [2.75, 3.05) is 10.6 Å². The predicted octanol–water partition coefficient (Wildman–Crippen LogP) is 6.27. The van der Waals surface area contributed by atoms with E-state index in [1.54, 1.807) is 35.3 Å². The van der Waals surface area contributed by atoms with Gasteiger partial charge in [0.25, 0.3) is 0 Å². The van der Waals surface area contributed by atoms with E-state index in [2.05, 4.69) is 20.7 Å². The average molecular weight is 445 g/mol. The lowest BCUT2D eigenvalue weighted by Gasteiger charge is -2.12. The van der Waals surface area contributed by atoms with Crippen molar-refractivity contribution in [3.63, 3.8) is 0 Å². The van der Waals surface area contributed by atoms with Crippen LogP contribution in [0.25, 0.3) is 5.69 Å². The third kappa shape index (κ3) is 5.35. The van der Waals surface area contributed by atoms with Crippen LogP contribution in [-0.2, 0) is 0 Å². The van der Waals surface area contributed by atoms with Crippen LogP contribution in [0.1, 0.15) is 31.0 Å². The molecule has 4 aromatic rings. The number of benzene rings is 2. The number of pyridine rings is 1. The number of nitrogens with zero attached hydrogens (tertiary/aromatic N) is 3. The van der Waals surface area contributed by atoms with E-state index in [4.69, 9.17) is 4.74 Å². The number of carbonyl (C=O) groups is 1. The van der Waals surface area contributed by atoms with E-state index < -0.39 is 11.8 Å². The highest BCUT2D eigenvalue weighted by Gasteiger charge is 2.16. The second-order valence-electron chi connectivity index (χ2n) is 7.87. The molecule has 7 nitrogen and oxygen atoms in total. The quantitative estimate of drug-likeness (QED) is 0.366. The fourth-order valence-electron chi connectivity index (χ4n) is 3.20. The van der Waals surface area contributed by atoms with Crippen LogP contribution in [0.5, 0.6) is 11.5 Å². The molecule has 0 atom stereocenters. The van der Waals surface area contributed by atoms with Gasteiger partial charge in [0.2, 0.25) is 0 Å². The Morgan fingerprint density at radius 3 is 2.48 bits per heavy atom. The summed E-state index contributed by atoms with van der Waals surface area (Å²) in [5.74, 6) is 0.883. The van der Waals surface area contributed by atoms with Gasteiger partial charge in [-0.15, -0.1) is 0 Å². The SMILES string of the molecule is Cc1cccc(-n2nc(C(C)C)cc2NC(=O)Nc2ccc(Oc3ccncc3)cc2F)c1. The van der Waals surface area contributed by atoms with Crippen LogP contribution in [0, 0.1) is 12.7 Å². The molecule has 8 heteroatoms. The molecule has 0 unspecified atom stereocenters. The summed E-state index contributed by atoms with van der Waals surface area (Å²) in [6, 6.07) is 16.6. The molecule has 2 heterocycles. The molecule has 33 heavy (non-hydrogen) atoms. The molecule has 0 aliphatic rings. The third-order valence-corrected chi connectivity index (χ3v) is 4.88.